The van der Waals surface area contributed by atoms with Crippen LogP contribution < -0.4 is 10.1 Å². The van der Waals surface area contributed by atoms with E-state index in [-0.39, 0.29) is 12.0 Å². The first-order valence-electron chi connectivity index (χ1n) is 8.21. The van der Waals surface area contributed by atoms with Gasteiger partial charge in [-0.15, -0.1) is 0 Å². The Balaban J connectivity index is 1.99. The summed E-state index contributed by atoms with van der Waals surface area (Å²) in [6.45, 7) is 8.49. The molecule has 1 fully saturated rings. The van der Waals surface area contributed by atoms with Crippen LogP contribution in [0.3, 0.4) is 0 Å². The number of hydrogen-bond donors (Lipinski definition) is 1. The molecule has 0 bridgehead atoms. The molecule has 0 spiro atoms. The van der Waals surface area contributed by atoms with E-state index in [2.05, 4.69) is 12.2 Å². The van der Waals surface area contributed by atoms with Crippen molar-refractivity contribution in [2.75, 3.05) is 11.9 Å². The molecule has 4 nitrogen and oxygen atoms in total. The molecule has 22 heavy (non-hydrogen) atoms. The van der Waals surface area contributed by atoms with E-state index in [1.54, 1.807) is 0 Å². The Kier molecular flexibility index (Phi) is 5.46. The summed E-state index contributed by atoms with van der Waals surface area (Å²) < 4.78 is 11.5. The molecule has 122 valence electrons. The molecule has 2 atom stereocenters. The van der Waals surface area contributed by atoms with Crippen molar-refractivity contribution in [2.45, 2.75) is 58.7 Å². The summed E-state index contributed by atoms with van der Waals surface area (Å²) in [6.07, 6.45) is 3.28. The Morgan fingerprint density at radius 3 is 2.45 bits per heavy atom. The van der Waals surface area contributed by atoms with Gasteiger partial charge >= 0.3 is 0 Å². The normalized spacial score (nSPS) is 18.4. The number of anilines is 1. The molecule has 1 aromatic rings. The zero-order chi connectivity index (χ0) is 16.2. The Hall–Kier alpha value is -1.55. The number of amides is 1. The van der Waals surface area contributed by atoms with Gasteiger partial charge in [-0.05, 0) is 70.2 Å². The van der Waals surface area contributed by atoms with Crippen molar-refractivity contribution >= 4 is 11.6 Å². The fraction of sp³-hybridized carbons (Fsp3) is 0.611. The first-order chi connectivity index (χ1) is 10.5. The van der Waals surface area contributed by atoms with Gasteiger partial charge in [0, 0.05) is 12.3 Å². The molecule has 1 aliphatic carbocycles. The van der Waals surface area contributed by atoms with Gasteiger partial charge in [-0.25, -0.2) is 0 Å². The third kappa shape index (κ3) is 4.01. The molecule has 0 heterocycles. The molecule has 1 saturated carbocycles. The summed E-state index contributed by atoms with van der Waals surface area (Å²) >= 11 is 0. The number of benzene rings is 1. The number of carbonyl (C=O) groups excluding carboxylic acids is 1. The lowest BCUT2D eigenvalue weighted by Crippen LogP contribution is -2.44. The standard InChI is InChI=1S/C18H27NO3/c1-5-13(3)22-16-11-9-15(10-12-16)19-17(20)18(4,21-6-2)14-7-8-14/h9-14H,5-8H2,1-4H3,(H,19,20)/t13-,18+/m1/s1. The molecule has 2 rings (SSSR count). The maximum absolute atomic E-state index is 12.5. The molecular weight excluding hydrogens is 278 g/mol. The number of rotatable bonds is 8. The van der Waals surface area contributed by atoms with Crippen molar-refractivity contribution in [1.29, 1.82) is 0 Å². The quantitative estimate of drug-likeness (QED) is 0.789. The van der Waals surface area contributed by atoms with Crippen LogP contribution >= 0.6 is 0 Å². The predicted molar refractivity (Wildman–Crippen MR) is 88.2 cm³/mol. The lowest BCUT2D eigenvalue weighted by Gasteiger charge is -2.28. The van der Waals surface area contributed by atoms with Gasteiger partial charge in [0.05, 0.1) is 6.10 Å². The maximum atomic E-state index is 12.5. The minimum absolute atomic E-state index is 0.0626. The molecule has 0 unspecified atom stereocenters. The van der Waals surface area contributed by atoms with Crippen LogP contribution in [0.15, 0.2) is 24.3 Å². The van der Waals surface area contributed by atoms with Crippen LogP contribution in [0.4, 0.5) is 5.69 Å². The average molecular weight is 305 g/mol. The van der Waals surface area contributed by atoms with E-state index in [1.807, 2.05) is 45.0 Å². The lowest BCUT2D eigenvalue weighted by atomic mass is 9.99. The largest absolute Gasteiger partial charge is 0.491 e. The summed E-state index contributed by atoms with van der Waals surface area (Å²) in [5.74, 6) is 1.09. The Morgan fingerprint density at radius 2 is 1.95 bits per heavy atom. The van der Waals surface area contributed by atoms with Crippen LogP contribution in [0, 0.1) is 5.92 Å². The van der Waals surface area contributed by atoms with Gasteiger partial charge in [-0.2, -0.15) is 0 Å². The second-order valence-electron chi connectivity index (χ2n) is 6.13. The zero-order valence-electron chi connectivity index (χ0n) is 14.0. The van der Waals surface area contributed by atoms with Gasteiger partial charge in [-0.3, -0.25) is 4.79 Å². The van der Waals surface area contributed by atoms with Crippen LogP contribution in [-0.4, -0.2) is 24.2 Å². The number of carbonyl (C=O) groups is 1. The summed E-state index contributed by atoms with van der Waals surface area (Å²) in [5, 5.41) is 2.96. The molecule has 0 radical (unpaired) electrons. The van der Waals surface area contributed by atoms with Gasteiger partial charge in [0.25, 0.3) is 5.91 Å². The van der Waals surface area contributed by atoms with Crippen molar-refractivity contribution in [3.63, 3.8) is 0 Å². The predicted octanol–water partition coefficient (Wildman–Crippen LogP) is 4.01. The summed E-state index contributed by atoms with van der Waals surface area (Å²) in [5.41, 5.74) is 0.0498. The maximum Gasteiger partial charge on any atom is 0.256 e. The third-order valence-corrected chi connectivity index (χ3v) is 4.28. The van der Waals surface area contributed by atoms with Crippen molar-refractivity contribution in [2.24, 2.45) is 5.92 Å². The highest BCUT2D eigenvalue weighted by molar-refractivity contribution is 5.97. The zero-order valence-corrected chi connectivity index (χ0v) is 14.0. The van der Waals surface area contributed by atoms with Crippen LogP contribution in [-0.2, 0) is 9.53 Å². The monoisotopic (exact) mass is 305 g/mol. The van der Waals surface area contributed by atoms with Gasteiger partial charge in [0.15, 0.2) is 0 Å². The van der Waals surface area contributed by atoms with Crippen LogP contribution in [0.2, 0.25) is 0 Å². The molecule has 1 N–H and O–H groups in total. The number of nitrogens with one attached hydrogen (secondary N) is 1. The van der Waals surface area contributed by atoms with E-state index in [0.29, 0.717) is 12.5 Å². The van der Waals surface area contributed by atoms with Crippen LogP contribution in [0.25, 0.3) is 0 Å². The summed E-state index contributed by atoms with van der Waals surface area (Å²) in [6, 6.07) is 7.51. The highest BCUT2D eigenvalue weighted by Gasteiger charge is 2.48. The third-order valence-electron chi connectivity index (χ3n) is 4.28. The number of ether oxygens (including phenoxy) is 2. The van der Waals surface area contributed by atoms with E-state index in [9.17, 15) is 4.79 Å². The van der Waals surface area contributed by atoms with E-state index in [4.69, 9.17) is 9.47 Å². The summed E-state index contributed by atoms with van der Waals surface area (Å²) in [4.78, 5) is 12.5. The molecule has 0 aromatic heterocycles. The second-order valence-corrected chi connectivity index (χ2v) is 6.13. The van der Waals surface area contributed by atoms with Gasteiger partial charge in [0.1, 0.15) is 11.4 Å². The molecule has 0 saturated heterocycles. The van der Waals surface area contributed by atoms with E-state index >= 15 is 0 Å². The SMILES string of the molecule is CCO[C@](C)(C(=O)Nc1ccc(O[C@H](C)CC)cc1)C1CC1. The van der Waals surface area contributed by atoms with Crippen molar-refractivity contribution in [3.05, 3.63) is 24.3 Å². The van der Waals surface area contributed by atoms with Gasteiger partial charge in [0.2, 0.25) is 0 Å². The number of hydrogen-bond acceptors (Lipinski definition) is 3. The Morgan fingerprint density at radius 1 is 1.32 bits per heavy atom. The highest BCUT2D eigenvalue weighted by Crippen LogP contribution is 2.42. The van der Waals surface area contributed by atoms with Gasteiger partial charge in [-0.1, -0.05) is 6.92 Å². The minimum atomic E-state index is -0.722. The van der Waals surface area contributed by atoms with E-state index in [0.717, 1.165) is 30.7 Å². The van der Waals surface area contributed by atoms with Crippen LogP contribution in [0.1, 0.15) is 47.0 Å². The topological polar surface area (TPSA) is 47.6 Å². The lowest BCUT2D eigenvalue weighted by molar-refractivity contribution is -0.141. The van der Waals surface area contributed by atoms with E-state index in [1.165, 1.54) is 0 Å². The fourth-order valence-corrected chi connectivity index (χ4v) is 2.49. The molecule has 1 aromatic carbocycles. The van der Waals surface area contributed by atoms with Gasteiger partial charge < -0.3 is 14.8 Å². The van der Waals surface area contributed by atoms with E-state index < -0.39 is 5.60 Å². The molecule has 1 aliphatic rings. The molecule has 0 aliphatic heterocycles. The average Bonchev–Trinajstić information content (AvgIpc) is 3.34. The van der Waals surface area contributed by atoms with Crippen molar-refractivity contribution in [1.82, 2.24) is 0 Å². The smallest absolute Gasteiger partial charge is 0.256 e. The Bertz CT molecular complexity index is 496. The Labute approximate surface area is 133 Å². The molecule has 4 heteroatoms. The van der Waals surface area contributed by atoms with Crippen molar-refractivity contribution in [3.8, 4) is 5.75 Å². The second kappa shape index (κ2) is 7.14. The van der Waals surface area contributed by atoms with Crippen LogP contribution in [0.5, 0.6) is 5.75 Å². The minimum Gasteiger partial charge on any atom is -0.491 e. The summed E-state index contributed by atoms with van der Waals surface area (Å²) in [7, 11) is 0. The molecule has 1 amide bonds. The fourth-order valence-electron chi connectivity index (χ4n) is 2.49. The highest BCUT2D eigenvalue weighted by atomic mass is 16.5. The first-order valence-corrected chi connectivity index (χ1v) is 8.21. The molecular formula is C18H27NO3. The van der Waals surface area contributed by atoms with Crippen molar-refractivity contribution < 1.29 is 14.3 Å². The first kappa shape index (κ1) is 16.8.